The van der Waals surface area contributed by atoms with Gasteiger partial charge in [0.2, 0.25) is 5.91 Å². The Kier molecular flexibility index (Phi) is 5.35. The fourth-order valence-electron chi connectivity index (χ4n) is 1.39. The number of anilines is 1. The lowest BCUT2D eigenvalue weighted by Gasteiger charge is -2.21. The quantitative estimate of drug-likeness (QED) is 0.893. The molecule has 1 aromatic heterocycles. The van der Waals surface area contributed by atoms with Crippen molar-refractivity contribution in [3.8, 4) is 0 Å². The molecule has 1 heterocycles. The minimum Gasteiger partial charge on any atom is -0.444 e. The van der Waals surface area contributed by atoms with E-state index in [2.05, 4.69) is 10.6 Å². The van der Waals surface area contributed by atoms with Gasteiger partial charge in [-0.15, -0.1) is 0 Å². The highest BCUT2D eigenvalue weighted by atomic mass is 32.1. The smallest absolute Gasteiger partial charge is 0.407 e. The molecule has 1 atom stereocenters. The van der Waals surface area contributed by atoms with Crippen LogP contribution >= 0.6 is 11.3 Å². The Morgan fingerprint density at radius 1 is 1.42 bits per heavy atom. The van der Waals surface area contributed by atoms with E-state index in [1.165, 1.54) is 11.3 Å². The van der Waals surface area contributed by atoms with E-state index in [9.17, 15) is 9.59 Å². The van der Waals surface area contributed by atoms with Crippen molar-refractivity contribution in [2.75, 3.05) is 5.32 Å². The molecule has 5 nitrogen and oxygen atoms in total. The molecule has 2 N–H and O–H groups in total. The zero-order valence-electron chi connectivity index (χ0n) is 11.6. The number of nitrogens with one attached hydrogen (secondary N) is 2. The van der Waals surface area contributed by atoms with E-state index < -0.39 is 11.7 Å². The fourth-order valence-corrected chi connectivity index (χ4v) is 1.97. The first-order valence-electron chi connectivity index (χ1n) is 6.08. The first kappa shape index (κ1) is 15.5. The van der Waals surface area contributed by atoms with Crippen LogP contribution in [0.25, 0.3) is 0 Å². The first-order chi connectivity index (χ1) is 8.76. The Morgan fingerprint density at radius 3 is 2.63 bits per heavy atom. The number of rotatable bonds is 4. The molecule has 0 spiro atoms. The summed E-state index contributed by atoms with van der Waals surface area (Å²) in [5.74, 6) is -0.137. The lowest BCUT2D eigenvalue weighted by molar-refractivity contribution is -0.116. The number of amides is 2. The predicted octanol–water partition coefficient (Wildman–Crippen LogP) is 2.99. The molecule has 0 aliphatic heterocycles. The molecular formula is C13H20N2O3S. The summed E-state index contributed by atoms with van der Waals surface area (Å²) in [5.41, 5.74) is 0.238. The summed E-state index contributed by atoms with van der Waals surface area (Å²) in [7, 11) is 0. The normalized spacial score (nSPS) is 12.6. The molecule has 0 aliphatic rings. The van der Waals surface area contributed by atoms with E-state index in [4.69, 9.17) is 4.74 Å². The van der Waals surface area contributed by atoms with Gasteiger partial charge in [0.1, 0.15) is 5.60 Å². The highest BCUT2D eigenvalue weighted by Crippen LogP contribution is 2.12. The van der Waals surface area contributed by atoms with Crippen LogP contribution in [-0.4, -0.2) is 23.6 Å². The third-order valence-electron chi connectivity index (χ3n) is 2.06. The standard InChI is InChI=1S/C13H20N2O3S/c1-9(14-12(17)18-13(2,3)4)7-11(16)15-10-5-6-19-8-10/h5-6,8-9H,7H2,1-4H3,(H,14,17)(H,15,16)/t9-/m0/s1. The molecule has 1 rings (SSSR count). The second-order valence-corrected chi connectivity index (χ2v) is 6.09. The van der Waals surface area contributed by atoms with Crippen molar-refractivity contribution in [3.63, 3.8) is 0 Å². The average molecular weight is 284 g/mol. The molecule has 0 saturated heterocycles. The third-order valence-corrected chi connectivity index (χ3v) is 2.74. The largest absolute Gasteiger partial charge is 0.444 e. The van der Waals surface area contributed by atoms with Crippen LogP contribution in [0.4, 0.5) is 10.5 Å². The summed E-state index contributed by atoms with van der Waals surface area (Å²) in [6.07, 6.45) is -0.307. The highest BCUT2D eigenvalue weighted by Gasteiger charge is 2.18. The lowest BCUT2D eigenvalue weighted by Crippen LogP contribution is -2.39. The molecule has 2 amide bonds. The molecule has 106 valence electrons. The SMILES string of the molecule is C[C@@H](CC(=O)Nc1ccsc1)NC(=O)OC(C)(C)C. The molecule has 1 aromatic rings. The molecule has 0 bridgehead atoms. The van der Waals surface area contributed by atoms with Crippen molar-refractivity contribution in [2.45, 2.75) is 45.8 Å². The van der Waals surface area contributed by atoms with Crippen LogP contribution in [0.15, 0.2) is 16.8 Å². The Bertz CT molecular complexity index is 424. The summed E-state index contributed by atoms with van der Waals surface area (Å²) in [6, 6.07) is 1.54. The summed E-state index contributed by atoms with van der Waals surface area (Å²) >= 11 is 1.51. The Balaban J connectivity index is 2.32. The predicted molar refractivity (Wildman–Crippen MR) is 76.4 cm³/mol. The van der Waals surface area contributed by atoms with Gasteiger partial charge in [-0.3, -0.25) is 4.79 Å². The zero-order chi connectivity index (χ0) is 14.5. The van der Waals surface area contributed by atoms with Gasteiger partial charge in [0, 0.05) is 17.8 Å². The van der Waals surface area contributed by atoms with Crippen molar-refractivity contribution in [3.05, 3.63) is 16.8 Å². The number of hydrogen-bond acceptors (Lipinski definition) is 4. The minimum absolute atomic E-state index is 0.137. The molecule has 0 aromatic carbocycles. The number of alkyl carbamates (subject to hydrolysis) is 1. The maximum atomic E-state index is 11.7. The summed E-state index contributed by atoms with van der Waals surface area (Å²) < 4.78 is 5.12. The first-order valence-corrected chi connectivity index (χ1v) is 7.02. The van der Waals surface area contributed by atoms with Crippen molar-refractivity contribution in [1.29, 1.82) is 0 Å². The van der Waals surface area contributed by atoms with E-state index in [1.54, 1.807) is 27.7 Å². The lowest BCUT2D eigenvalue weighted by atomic mass is 10.2. The molecule has 0 unspecified atom stereocenters. The van der Waals surface area contributed by atoms with Gasteiger partial charge in [-0.25, -0.2) is 4.79 Å². The molecule has 0 fully saturated rings. The van der Waals surface area contributed by atoms with E-state index >= 15 is 0 Å². The van der Waals surface area contributed by atoms with Crippen molar-refractivity contribution >= 4 is 29.0 Å². The van der Waals surface area contributed by atoms with Crippen LogP contribution in [-0.2, 0) is 9.53 Å². The van der Waals surface area contributed by atoms with Gasteiger partial charge in [0.25, 0.3) is 0 Å². The van der Waals surface area contributed by atoms with Crippen LogP contribution in [0.5, 0.6) is 0 Å². The Labute approximate surface area is 117 Å². The second-order valence-electron chi connectivity index (χ2n) is 5.31. The van der Waals surface area contributed by atoms with Crippen LogP contribution in [0.3, 0.4) is 0 Å². The van der Waals surface area contributed by atoms with E-state index in [0.29, 0.717) is 0 Å². The zero-order valence-corrected chi connectivity index (χ0v) is 12.5. The summed E-state index contributed by atoms with van der Waals surface area (Å²) in [4.78, 5) is 23.2. The summed E-state index contributed by atoms with van der Waals surface area (Å²) in [5, 5.41) is 9.12. The van der Waals surface area contributed by atoms with Gasteiger partial charge >= 0.3 is 6.09 Å². The average Bonchev–Trinajstić information content (AvgIpc) is 2.65. The van der Waals surface area contributed by atoms with Crippen molar-refractivity contribution in [2.24, 2.45) is 0 Å². The monoisotopic (exact) mass is 284 g/mol. The van der Waals surface area contributed by atoms with Crippen LogP contribution in [0.2, 0.25) is 0 Å². The van der Waals surface area contributed by atoms with Crippen molar-refractivity contribution in [1.82, 2.24) is 5.32 Å². The topological polar surface area (TPSA) is 67.4 Å². The van der Waals surface area contributed by atoms with Crippen LogP contribution < -0.4 is 10.6 Å². The van der Waals surface area contributed by atoms with Crippen LogP contribution in [0, 0.1) is 0 Å². The van der Waals surface area contributed by atoms with Gasteiger partial charge in [-0.05, 0) is 39.1 Å². The second kappa shape index (κ2) is 6.56. The number of carbonyl (C=O) groups is 2. The van der Waals surface area contributed by atoms with E-state index in [-0.39, 0.29) is 18.4 Å². The number of ether oxygens (including phenoxy) is 1. The number of carbonyl (C=O) groups excluding carboxylic acids is 2. The number of hydrogen-bond donors (Lipinski definition) is 2. The molecule has 19 heavy (non-hydrogen) atoms. The Hall–Kier alpha value is -1.56. The Morgan fingerprint density at radius 2 is 2.11 bits per heavy atom. The maximum absolute atomic E-state index is 11.7. The van der Waals surface area contributed by atoms with Gasteiger partial charge < -0.3 is 15.4 Å². The highest BCUT2D eigenvalue weighted by molar-refractivity contribution is 7.08. The molecular weight excluding hydrogens is 264 g/mol. The van der Waals surface area contributed by atoms with E-state index in [1.807, 2.05) is 16.8 Å². The molecule has 0 aliphatic carbocycles. The molecule has 0 radical (unpaired) electrons. The third kappa shape index (κ3) is 6.81. The van der Waals surface area contributed by atoms with Gasteiger partial charge in [-0.2, -0.15) is 11.3 Å². The van der Waals surface area contributed by atoms with Gasteiger partial charge in [0.05, 0.1) is 5.69 Å². The van der Waals surface area contributed by atoms with Crippen molar-refractivity contribution < 1.29 is 14.3 Å². The van der Waals surface area contributed by atoms with Crippen LogP contribution in [0.1, 0.15) is 34.1 Å². The summed E-state index contributed by atoms with van der Waals surface area (Å²) in [6.45, 7) is 7.14. The molecule has 0 saturated carbocycles. The van der Waals surface area contributed by atoms with Gasteiger partial charge in [0.15, 0.2) is 0 Å². The maximum Gasteiger partial charge on any atom is 0.407 e. The number of thiophene rings is 1. The minimum atomic E-state index is -0.539. The molecule has 6 heteroatoms. The fraction of sp³-hybridized carbons (Fsp3) is 0.538. The van der Waals surface area contributed by atoms with Gasteiger partial charge in [-0.1, -0.05) is 0 Å². The van der Waals surface area contributed by atoms with E-state index in [0.717, 1.165) is 5.69 Å².